The smallest absolute Gasteiger partial charge is 0.162 e. The molecule has 0 aliphatic rings. The van der Waals surface area contributed by atoms with E-state index < -0.39 is 0 Å². The largest absolute Gasteiger partial charge is 0.495 e. The number of methoxy groups -OCH3 is 1. The zero-order chi connectivity index (χ0) is 13.8. The lowest BCUT2D eigenvalue weighted by Gasteiger charge is -2.08. The summed E-state index contributed by atoms with van der Waals surface area (Å²) < 4.78 is 5.21. The van der Waals surface area contributed by atoms with Gasteiger partial charge in [0.05, 0.1) is 12.1 Å². The minimum absolute atomic E-state index is 0.141. The first-order chi connectivity index (χ1) is 9.15. The van der Waals surface area contributed by atoms with Crippen LogP contribution in [-0.4, -0.2) is 12.9 Å². The summed E-state index contributed by atoms with van der Waals surface area (Å²) in [5.41, 5.74) is 2.69. The molecule has 0 spiro atoms. The number of rotatable bonds is 4. The quantitative estimate of drug-likeness (QED) is 0.761. The minimum Gasteiger partial charge on any atom is -0.495 e. The monoisotopic (exact) mass is 274 g/mol. The number of benzene rings is 2. The summed E-state index contributed by atoms with van der Waals surface area (Å²) >= 11 is 6.01. The normalized spacial score (nSPS) is 10.3. The lowest BCUT2D eigenvalue weighted by Crippen LogP contribution is -1.96. The Hall–Kier alpha value is -1.80. The summed E-state index contributed by atoms with van der Waals surface area (Å²) in [6.45, 7) is 1.86. The Balaban J connectivity index is 2.44. The van der Waals surface area contributed by atoms with Crippen LogP contribution < -0.4 is 4.74 Å². The highest BCUT2D eigenvalue weighted by Crippen LogP contribution is 2.30. The van der Waals surface area contributed by atoms with Gasteiger partial charge in [-0.15, -0.1) is 0 Å². The van der Waals surface area contributed by atoms with Crippen molar-refractivity contribution >= 4 is 17.4 Å². The highest BCUT2D eigenvalue weighted by atomic mass is 35.5. The lowest BCUT2D eigenvalue weighted by molar-refractivity contribution is 0.0988. The molecule has 0 heterocycles. The molecule has 0 unspecified atom stereocenters. The Morgan fingerprint density at radius 2 is 1.89 bits per heavy atom. The Kier molecular flexibility index (Phi) is 4.23. The van der Waals surface area contributed by atoms with Crippen molar-refractivity contribution in [2.24, 2.45) is 0 Å². The fraction of sp³-hybridized carbons (Fsp3) is 0.188. The van der Waals surface area contributed by atoms with Crippen molar-refractivity contribution in [3.05, 3.63) is 53.1 Å². The maximum absolute atomic E-state index is 11.7. The summed E-state index contributed by atoms with van der Waals surface area (Å²) in [6.07, 6.45) is 0.507. The van der Waals surface area contributed by atoms with E-state index in [0.717, 1.165) is 16.7 Å². The fourth-order valence-electron chi connectivity index (χ4n) is 1.92. The Morgan fingerprint density at radius 3 is 2.58 bits per heavy atom. The van der Waals surface area contributed by atoms with Crippen LogP contribution in [0.3, 0.4) is 0 Å². The predicted molar refractivity (Wildman–Crippen MR) is 78.1 cm³/mol. The van der Waals surface area contributed by atoms with Crippen LogP contribution in [0, 0.1) is 0 Å². The lowest BCUT2D eigenvalue weighted by atomic mass is 10.0. The first-order valence-electron chi connectivity index (χ1n) is 6.13. The molecule has 0 saturated heterocycles. The molecule has 2 nitrogen and oxygen atoms in total. The Labute approximate surface area is 118 Å². The van der Waals surface area contributed by atoms with Gasteiger partial charge in [-0.05, 0) is 29.3 Å². The average Bonchev–Trinajstić information content (AvgIpc) is 2.47. The van der Waals surface area contributed by atoms with E-state index >= 15 is 0 Å². The molecule has 0 N–H and O–H groups in total. The van der Waals surface area contributed by atoms with Gasteiger partial charge >= 0.3 is 0 Å². The summed E-state index contributed by atoms with van der Waals surface area (Å²) in [5.74, 6) is 0.772. The van der Waals surface area contributed by atoms with E-state index in [4.69, 9.17) is 16.3 Å². The number of ketones is 1. The van der Waals surface area contributed by atoms with E-state index in [9.17, 15) is 4.79 Å². The highest BCUT2D eigenvalue weighted by Gasteiger charge is 2.07. The molecule has 0 aromatic heterocycles. The fourth-order valence-corrected chi connectivity index (χ4v) is 2.11. The first-order valence-corrected chi connectivity index (χ1v) is 6.50. The van der Waals surface area contributed by atoms with Crippen LogP contribution in [0.4, 0.5) is 0 Å². The second-order valence-corrected chi connectivity index (χ2v) is 4.61. The number of Topliss-reactive ketones (excluding diaryl/α,β-unsaturated/α-hetero) is 1. The van der Waals surface area contributed by atoms with Crippen molar-refractivity contribution in [3.8, 4) is 16.9 Å². The van der Waals surface area contributed by atoms with Crippen LogP contribution >= 0.6 is 11.6 Å². The van der Waals surface area contributed by atoms with E-state index in [2.05, 4.69) is 0 Å². The maximum Gasteiger partial charge on any atom is 0.162 e. The zero-order valence-corrected chi connectivity index (χ0v) is 11.7. The molecule has 3 heteroatoms. The summed E-state index contributed by atoms with van der Waals surface area (Å²) in [4.78, 5) is 11.7. The van der Waals surface area contributed by atoms with Crippen molar-refractivity contribution in [1.29, 1.82) is 0 Å². The van der Waals surface area contributed by atoms with Crippen LogP contribution in [0.15, 0.2) is 42.5 Å². The van der Waals surface area contributed by atoms with Gasteiger partial charge in [0.2, 0.25) is 0 Å². The molecule has 98 valence electrons. The molecule has 2 aromatic carbocycles. The topological polar surface area (TPSA) is 26.3 Å². The predicted octanol–water partition coefficient (Wildman–Crippen LogP) is 4.61. The van der Waals surface area contributed by atoms with E-state index in [0.29, 0.717) is 17.2 Å². The van der Waals surface area contributed by atoms with Crippen LogP contribution in [0.1, 0.15) is 23.7 Å². The third kappa shape index (κ3) is 2.96. The van der Waals surface area contributed by atoms with Gasteiger partial charge in [-0.1, -0.05) is 42.8 Å². The van der Waals surface area contributed by atoms with E-state index in [1.165, 1.54) is 0 Å². The SMILES string of the molecule is CCC(=O)c1cccc(-c2ccc(Cl)c(OC)c2)c1. The zero-order valence-electron chi connectivity index (χ0n) is 10.9. The van der Waals surface area contributed by atoms with Crippen molar-refractivity contribution in [1.82, 2.24) is 0 Å². The molecular formula is C16H15ClO2. The van der Waals surface area contributed by atoms with Crippen LogP contribution in [0.5, 0.6) is 5.75 Å². The standard InChI is InChI=1S/C16H15ClO2/c1-3-15(18)13-6-4-5-11(9-13)12-7-8-14(17)16(10-12)19-2/h4-10H,3H2,1-2H3. The molecular weight excluding hydrogens is 260 g/mol. The number of carbonyl (C=O) groups is 1. The minimum atomic E-state index is 0.141. The molecule has 0 amide bonds. The van der Waals surface area contributed by atoms with Crippen molar-refractivity contribution in [3.63, 3.8) is 0 Å². The van der Waals surface area contributed by atoms with Gasteiger partial charge < -0.3 is 4.74 Å². The Bertz CT molecular complexity index is 605. The second-order valence-electron chi connectivity index (χ2n) is 4.21. The van der Waals surface area contributed by atoms with Gasteiger partial charge in [0.25, 0.3) is 0 Å². The molecule has 2 rings (SSSR count). The van der Waals surface area contributed by atoms with E-state index in [-0.39, 0.29) is 5.78 Å². The van der Waals surface area contributed by atoms with E-state index in [1.54, 1.807) is 13.2 Å². The number of hydrogen-bond acceptors (Lipinski definition) is 2. The van der Waals surface area contributed by atoms with Gasteiger partial charge in [-0.25, -0.2) is 0 Å². The highest BCUT2D eigenvalue weighted by molar-refractivity contribution is 6.32. The number of carbonyl (C=O) groups excluding carboxylic acids is 1. The average molecular weight is 275 g/mol. The van der Waals surface area contributed by atoms with Gasteiger partial charge in [-0.3, -0.25) is 4.79 Å². The van der Waals surface area contributed by atoms with Crippen molar-refractivity contribution in [2.45, 2.75) is 13.3 Å². The van der Waals surface area contributed by atoms with Crippen LogP contribution in [-0.2, 0) is 0 Å². The number of hydrogen-bond donors (Lipinski definition) is 0. The molecule has 2 aromatic rings. The van der Waals surface area contributed by atoms with Crippen molar-refractivity contribution < 1.29 is 9.53 Å². The van der Waals surface area contributed by atoms with Crippen LogP contribution in [0.2, 0.25) is 5.02 Å². The molecule has 0 atom stereocenters. The third-order valence-electron chi connectivity index (χ3n) is 2.99. The van der Waals surface area contributed by atoms with Crippen molar-refractivity contribution in [2.75, 3.05) is 7.11 Å². The van der Waals surface area contributed by atoms with E-state index in [1.807, 2.05) is 43.3 Å². The molecule has 0 radical (unpaired) electrons. The Morgan fingerprint density at radius 1 is 1.16 bits per heavy atom. The molecule has 0 bridgehead atoms. The van der Waals surface area contributed by atoms with Gasteiger partial charge in [0, 0.05) is 12.0 Å². The van der Waals surface area contributed by atoms with Gasteiger partial charge in [0.15, 0.2) is 5.78 Å². The molecule has 0 aliphatic heterocycles. The molecule has 0 aliphatic carbocycles. The van der Waals surface area contributed by atoms with Gasteiger partial charge in [0.1, 0.15) is 5.75 Å². The third-order valence-corrected chi connectivity index (χ3v) is 3.30. The maximum atomic E-state index is 11.7. The molecule has 0 fully saturated rings. The number of halogens is 1. The second kappa shape index (κ2) is 5.89. The molecule has 19 heavy (non-hydrogen) atoms. The van der Waals surface area contributed by atoms with Crippen LogP contribution in [0.25, 0.3) is 11.1 Å². The van der Waals surface area contributed by atoms with Gasteiger partial charge in [-0.2, -0.15) is 0 Å². The molecule has 0 saturated carbocycles. The summed E-state index contributed by atoms with van der Waals surface area (Å²) in [7, 11) is 1.59. The summed E-state index contributed by atoms with van der Waals surface area (Å²) in [6, 6.07) is 13.2. The number of ether oxygens (including phenoxy) is 1. The summed E-state index contributed by atoms with van der Waals surface area (Å²) in [5, 5.41) is 0.576. The first kappa shape index (κ1) is 13.6.